The Morgan fingerprint density at radius 3 is 2.33 bits per heavy atom. The van der Waals surface area contributed by atoms with Gasteiger partial charge in [-0.25, -0.2) is 0 Å². The Hall–Kier alpha value is -0.600. The van der Waals surface area contributed by atoms with Gasteiger partial charge < -0.3 is 9.47 Å². The van der Waals surface area contributed by atoms with Crippen molar-refractivity contribution < 1.29 is 9.47 Å². The van der Waals surface area contributed by atoms with Gasteiger partial charge in [0.25, 0.3) is 0 Å². The average molecular weight is 289 g/mol. The van der Waals surface area contributed by atoms with E-state index < -0.39 is 0 Å². The van der Waals surface area contributed by atoms with E-state index in [0.717, 1.165) is 12.0 Å². The molecular weight excluding hydrogens is 271 g/mol. The smallest absolute Gasteiger partial charge is 0.145 e. The van der Waals surface area contributed by atoms with Crippen molar-refractivity contribution in [2.24, 2.45) is 11.3 Å². The predicted octanol–water partition coefficient (Wildman–Crippen LogP) is 4.68. The molecule has 18 heavy (non-hydrogen) atoms. The van der Waals surface area contributed by atoms with Crippen molar-refractivity contribution >= 4 is 23.2 Å². The van der Waals surface area contributed by atoms with Crippen LogP contribution >= 0.6 is 23.2 Å². The van der Waals surface area contributed by atoms with Crippen LogP contribution in [0.5, 0.6) is 11.5 Å². The van der Waals surface area contributed by atoms with Crippen molar-refractivity contribution in [3.63, 3.8) is 0 Å². The lowest BCUT2D eigenvalue weighted by Gasteiger charge is -2.18. The lowest BCUT2D eigenvalue weighted by Crippen LogP contribution is -2.03. The van der Waals surface area contributed by atoms with E-state index >= 15 is 0 Å². The molecule has 2 nitrogen and oxygen atoms in total. The lowest BCUT2D eigenvalue weighted by atomic mass is 10.0. The molecule has 0 saturated heterocycles. The Morgan fingerprint density at radius 2 is 1.89 bits per heavy atom. The van der Waals surface area contributed by atoms with Gasteiger partial charge >= 0.3 is 0 Å². The van der Waals surface area contributed by atoms with Gasteiger partial charge in [0.05, 0.1) is 19.6 Å². The van der Waals surface area contributed by atoms with Crippen LogP contribution in [0.25, 0.3) is 0 Å². The summed E-state index contributed by atoms with van der Waals surface area (Å²) in [5, 5.41) is 0.417. The van der Waals surface area contributed by atoms with Gasteiger partial charge in [-0.1, -0.05) is 31.5 Å². The van der Waals surface area contributed by atoms with Crippen LogP contribution in [-0.2, 0) is 0 Å². The minimum absolute atomic E-state index is 0.0710. The fourth-order valence-corrected chi connectivity index (χ4v) is 3.29. The Kier molecular flexibility index (Phi) is 3.70. The SMILES string of the molecule is COc1ccc(C(Cl)C2CC2(C)C)c(OC)c1Cl. The van der Waals surface area contributed by atoms with Gasteiger partial charge in [-0.3, -0.25) is 0 Å². The van der Waals surface area contributed by atoms with Gasteiger partial charge in [0.1, 0.15) is 16.5 Å². The van der Waals surface area contributed by atoms with E-state index in [1.807, 2.05) is 12.1 Å². The van der Waals surface area contributed by atoms with Crippen molar-refractivity contribution in [1.82, 2.24) is 0 Å². The molecule has 1 aromatic carbocycles. The maximum atomic E-state index is 6.56. The first-order valence-electron chi connectivity index (χ1n) is 5.97. The second-order valence-corrected chi connectivity index (χ2v) is 6.25. The molecule has 1 saturated carbocycles. The van der Waals surface area contributed by atoms with E-state index in [9.17, 15) is 0 Å². The number of alkyl halides is 1. The number of ether oxygens (including phenoxy) is 2. The van der Waals surface area contributed by atoms with Crippen LogP contribution in [-0.4, -0.2) is 14.2 Å². The van der Waals surface area contributed by atoms with Crippen LogP contribution in [0.3, 0.4) is 0 Å². The van der Waals surface area contributed by atoms with Crippen LogP contribution in [0.4, 0.5) is 0 Å². The van der Waals surface area contributed by atoms with Gasteiger partial charge in [0, 0.05) is 5.56 Å². The van der Waals surface area contributed by atoms with Gasteiger partial charge in [-0.15, -0.1) is 11.6 Å². The minimum Gasteiger partial charge on any atom is -0.495 e. The highest BCUT2D eigenvalue weighted by Crippen LogP contribution is 2.61. The lowest BCUT2D eigenvalue weighted by molar-refractivity contribution is 0.389. The molecule has 1 aliphatic carbocycles. The van der Waals surface area contributed by atoms with E-state index in [2.05, 4.69) is 13.8 Å². The summed E-state index contributed by atoms with van der Waals surface area (Å²) in [6.45, 7) is 4.45. The van der Waals surface area contributed by atoms with Crippen LogP contribution in [0, 0.1) is 11.3 Å². The Bertz CT molecular complexity index is 457. The van der Waals surface area contributed by atoms with Crippen molar-refractivity contribution in [3.8, 4) is 11.5 Å². The number of hydrogen-bond donors (Lipinski definition) is 0. The van der Waals surface area contributed by atoms with E-state index in [1.54, 1.807) is 14.2 Å². The molecule has 0 heterocycles. The molecule has 0 spiro atoms. The second kappa shape index (κ2) is 4.82. The van der Waals surface area contributed by atoms with Crippen molar-refractivity contribution in [2.45, 2.75) is 25.6 Å². The zero-order valence-electron chi connectivity index (χ0n) is 11.1. The zero-order chi connectivity index (χ0) is 13.5. The van der Waals surface area contributed by atoms with Gasteiger partial charge in [0.15, 0.2) is 0 Å². The molecule has 0 aromatic heterocycles. The number of hydrogen-bond acceptors (Lipinski definition) is 2. The molecule has 2 rings (SSSR count). The minimum atomic E-state index is -0.0710. The van der Waals surface area contributed by atoms with E-state index in [-0.39, 0.29) is 5.38 Å². The summed E-state index contributed by atoms with van der Waals surface area (Å²) in [6.07, 6.45) is 1.13. The highest BCUT2D eigenvalue weighted by Gasteiger charge is 2.50. The van der Waals surface area contributed by atoms with Crippen molar-refractivity contribution in [1.29, 1.82) is 0 Å². The standard InChI is InChI=1S/C14H18Cl2O2/c1-14(2)7-9(14)11(15)8-5-6-10(17-3)12(16)13(8)18-4/h5-6,9,11H,7H2,1-4H3. The first kappa shape index (κ1) is 13.8. The normalized spacial score (nSPS) is 22.4. The van der Waals surface area contributed by atoms with Crippen molar-refractivity contribution in [3.05, 3.63) is 22.7 Å². The topological polar surface area (TPSA) is 18.5 Å². The molecule has 2 atom stereocenters. The molecule has 2 unspecified atom stereocenters. The maximum Gasteiger partial charge on any atom is 0.145 e. The monoisotopic (exact) mass is 288 g/mol. The number of rotatable bonds is 4. The van der Waals surface area contributed by atoms with Crippen LogP contribution < -0.4 is 9.47 Å². The predicted molar refractivity (Wildman–Crippen MR) is 75.0 cm³/mol. The van der Waals surface area contributed by atoms with Crippen LogP contribution in [0.15, 0.2) is 12.1 Å². The van der Waals surface area contributed by atoms with E-state index in [4.69, 9.17) is 32.7 Å². The third-order valence-electron chi connectivity index (χ3n) is 3.76. The third kappa shape index (κ3) is 2.28. The first-order chi connectivity index (χ1) is 8.42. The molecule has 1 aromatic rings. The van der Waals surface area contributed by atoms with Crippen LogP contribution in [0.2, 0.25) is 5.02 Å². The van der Waals surface area contributed by atoms with Gasteiger partial charge in [-0.05, 0) is 23.8 Å². The van der Waals surface area contributed by atoms with Gasteiger partial charge in [-0.2, -0.15) is 0 Å². The van der Waals surface area contributed by atoms with Gasteiger partial charge in [0.2, 0.25) is 0 Å². The molecular formula is C14H18Cl2O2. The molecule has 4 heteroatoms. The number of halogens is 2. The molecule has 1 fully saturated rings. The molecule has 1 aliphatic rings. The largest absolute Gasteiger partial charge is 0.495 e. The Labute approximate surface area is 118 Å². The van der Waals surface area contributed by atoms with E-state index in [1.165, 1.54) is 0 Å². The Balaban J connectivity index is 2.36. The second-order valence-electron chi connectivity index (χ2n) is 5.41. The fourth-order valence-electron chi connectivity index (χ4n) is 2.36. The maximum absolute atomic E-state index is 6.56. The summed E-state index contributed by atoms with van der Waals surface area (Å²) in [7, 11) is 3.19. The van der Waals surface area contributed by atoms with Crippen LogP contribution in [0.1, 0.15) is 31.2 Å². The number of methoxy groups -OCH3 is 2. The summed E-state index contributed by atoms with van der Waals surface area (Å²) in [6, 6.07) is 3.78. The molecule has 0 amide bonds. The Morgan fingerprint density at radius 1 is 1.28 bits per heavy atom. The molecule has 100 valence electrons. The molecule has 0 N–H and O–H groups in total. The summed E-state index contributed by atoms with van der Waals surface area (Å²) in [4.78, 5) is 0. The molecule has 0 aliphatic heterocycles. The molecule has 0 bridgehead atoms. The first-order valence-corrected chi connectivity index (χ1v) is 6.78. The highest BCUT2D eigenvalue weighted by molar-refractivity contribution is 6.34. The summed E-state index contributed by atoms with van der Waals surface area (Å²) >= 11 is 12.8. The third-order valence-corrected chi connectivity index (χ3v) is 4.65. The quantitative estimate of drug-likeness (QED) is 0.749. The fraction of sp³-hybridized carbons (Fsp3) is 0.571. The average Bonchev–Trinajstić information content (AvgIpc) is 2.97. The van der Waals surface area contributed by atoms with E-state index in [0.29, 0.717) is 27.9 Å². The summed E-state index contributed by atoms with van der Waals surface area (Å²) < 4.78 is 10.6. The zero-order valence-corrected chi connectivity index (χ0v) is 12.6. The van der Waals surface area contributed by atoms with Crippen molar-refractivity contribution in [2.75, 3.05) is 14.2 Å². The summed E-state index contributed by atoms with van der Waals surface area (Å²) in [5.41, 5.74) is 1.25. The molecule has 0 radical (unpaired) electrons. The summed E-state index contributed by atoms with van der Waals surface area (Å²) in [5.74, 6) is 1.70. The highest BCUT2D eigenvalue weighted by atomic mass is 35.5. The number of benzene rings is 1.